The van der Waals surface area contributed by atoms with Crippen molar-refractivity contribution < 1.29 is 22.7 Å². The third-order valence-corrected chi connectivity index (χ3v) is 3.34. The van der Waals surface area contributed by atoms with Crippen molar-refractivity contribution in [1.29, 1.82) is 0 Å². The Bertz CT molecular complexity index is 427. The zero-order valence-electron chi connectivity index (χ0n) is 9.53. The second kappa shape index (κ2) is 6.61. The standard InChI is InChI=1S/C12H11F3O2Se/c1-2-17-11(16)10(18-12(13,14)15)8-9-6-4-3-5-7-9/h3-8H,2H2,1H3/b10-8+. The number of halogens is 3. The number of benzene rings is 1. The summed E-state index contributed by atoms with van der Waals surface area (Å²) in [5.41, 5.74) is 0.548. The second-order valence-corrected chi connectivity index (χ2v) is 5.51. The Morgan fingerprint density at radius 1 is 1.33 bits per heavy atom. The fourth-order valence-corrected chi connectivity index (χ4v) is 2.39. The number of rotatable bonds is 4. The van der Waals surface area contributed by atoms with Crippen molar-refractivity contribution in [2.45, 2.75) is 12.0 Å². The molecule has 1 aromatic rings. The van der Waals surface area contributed by atoms with Crippen molar-refractivity contribution in [2.24, 2.45) is 0 Å². The van der Waals surface area contributed by atoms with Crippen LogP contribution in [0.3, 0.4) is 0 Å². The van der Waals surface area contributed by atoms with Crippen molar-refractivity contribution in [3.05, 3.63) is 40.4 Å². The van der Waals surface area contributed by atoms with Gasteiger partial charge in [-0.1, -0.05) is 0 Å². The third kappa shape index (κ3) is 5.38. The summed E-state index contributed by atoms with van der Waals surface area (Å²) in [7, 11) is 0. The normalized spacial score (nSPS) is 12.3. The van der Waals surface area contributed by atoms with Crippen LogP contribution < -0.4 is 0 Å². The number of hydrogen-bond donors (Lipinski definition) is 0. The van der Waals surface area contributed by atoms with Gasteiger partial charge < -0.3 is 0 Å². The molecule has 0 saturated heterocycles. The predicted molar refractivity (Wildman–Crippen MR) is 62.9 cm³/mol. The summed E-state index contributed by atoms with van der Waals surface area (Å²) in [6, 6.07) is 8.39. The Morgan fingerprint density at radius 3 is 2.44 bits per heavy atom. The van der Waals surface area contributed by atoms with E-state index in [1.54, 1.807) is 37.3 Å². The zero-order chi connectivity index (χ0) is 13.6. The topological polar surface area (TPSA) is 26.3 Å². The number of esters is 1. The van der Waals surface area contributed by atoms with Crippen molar-refractivity contribution >= 4 is 27.0 Å². The van der Waals surface area contributed by atoms with Crippen LogP contribution in [0.25, 0.3) is 6.08 Å². The van der Waals surface area contributed by atoms with Crippen LogP contribution in [0.5, 0.6) is 0 Å². The van der Waals surface area contributed by atoms with Crippen molar-refractivity contribution in [3.63, 3.8) is 0 Å². The summed E-state index contributed by atoms with van der Waals surface area (Å²) >= 11 is -1.91. The molecule has 98 valence electrons. The first-order valence-electron chi connectivity index (χ1n) is 5.12. The molecule has 0 aromatic heterocycles. The predicted octanol–water partition coefficient (Wildman–Crippen LogP) is 2.81. The molecule has 0 radical (unpaired) electrons. The van der Waals surface area contributed by atoms with Gasteiger partial charge in [0.15, 0.2) is 0 Å². The van der Waals surface area contributed by atoms with E-state index in [0.717, 1.165) is 0 Å². The maximum atomic E-state index is 12.4. The van der Waals surface area contributed by atoms with E-state index in [1.165, 1.54) is 6.08 Å². The summed E-state index contributed by atoms with van der Waals surface area (Å²) in [5, 5.41) is -4.37. The Balaban J connectivity index is 2.97. The van der Waals surface area contributed by atoms with E-state index in [0.29, 0.717) is 5.56 Å². The quantitative estimate of drug-likeness (QED) is 0.484. The van der Waals surface area contributed by atoms with E-state index in [4.69, 9.17) is 0 Å². The number of alkyl halides is 3. The molecule has 0 aliphatic carbocycles. The molecular weight excluding hydrogens is 312 g/mol. The molecule has 0 aliphatic heterocycles. The molecule has 0 fully saturated rings. The molecule has 2 nitrogen and oxygen atoms in total. The van der Waals surface area contributed by atoms with Crippen LogP contribution >= 0.6 is 0 Å². The summed E-state index contributed by atoms with van der Waals surface area (Å²) < 4.78 is 41.5. The first kappa shape index (κ1) is 14.8. The Labute approximate surface area is 109 Å². The van der Waals surface area contributed by atoms with Gasteiger partial charge >= 0.3 is 109 Å². The van der Waals surface area contributed by atoms with Gasteiger partial charge in [0, 0.05) is 0 Å². The van der Waals surface area contributed by atoms with Crippen LogP contribution in [-0.4, -0.2) is 32.6 Å². The Morgan fingerprint density at radius 2 is 1.94 bits per heavy atom. The molecule has 0 bridgehead atoms. The van der Waals surface area contributed by atoms with Gasteiger partial charge in [-0.05, 0) is 0 Å². The van der Waals surface area contributed by atoms with Crippen LogP contribution in [-0.2, 0) is 9.53 Å². The third-order valence-electron chi connectivity index (χ3n) is 1.80. The van der Waals surface area contributed by atoms with E-state index in [2.05, 4.69) is 4.74 Å². The number of carbonyl (C=O) groups excluding carboxylic acids is 1. The van der Waals surface area contributed by atoms with E-state index in [-0.39, 0.29) is 11.1 Å². The maximum absolute atomic E-state index is 12.4. The molecule has 18 heavy (non-hydrogen) atoms. The molecule has 0 atom stereocenters. The fraction of sp³-hybridized carbons (Fsp3) is 0.250. The fourth-order valence-electron chi connectivity index (χ4n) is 1.16. The molecule has 0 N–H and O–H groups in total. The SMILES string of the molecule is CCOC(=O)/C(=C\c1ccccc1)[Se]C(F)(F)F. The van der Waals surface area contributed by atoms with Crippen LogP contribution in [0.1, 0.15) is 12.5 Å². The van der Waals surface area contributed by atoms with Crippen LogP contribution in [0, 0.1) is 0 Å². The Hall–Kier alpha value is -1.26. The van der Waals surface area contributed by atoms with Crippen LogP contribution in [0.15, 0.2) is 34.8 Å². The van der Waals surface area contributed by atoms with E-state index >= 15 is 0 Å². The molecule has 1 aromatic carbocycles. The van der Waals surface area contributed by atoms with Crippen LogP contribution in [0.4, 0.5) is 13.2 Å². The summed E-state index contributed by atoms with van der Waals surface area (Å²) in [6.07, 6.45) is 1.23. The van der Waals surface area contributed by atoms with Crippen molar-refractivity contribution in [1.82, 2.24) is 0 Å². The first-order valence-corrected chi connectivity index (χ1v) is 6.83. The minimum absolute atomic E-state index is 0.0545. The van der Waals surface area contributed by atoms with E-state index in [1.807, 2.05) is 0 Å². The second-order valence-electron chi connectivity index (χ2n) is 3.19. The van der Waals surface area contributed by atoms with Gasteiger partial charge in [0.1, 0.15) is 0 Å². The monoisotopic (exact) mass is 324 g/mol. The molecular formula is C12H11F3O2Se. The molecule has 0 spiro atoms. The van der Waals surface area contributed by atoms with Crippen molar-refractivity contribution in [3.8, 4) is 0 Å². The summed E-state index contributed by atoms with van der Waals surface area (Å²) in [4.78, 5) is 11.5. The summed E-state index contributed by atoms with van der Waals surface area (Å²) in [5.74, 6) is -0.904. The van der Waals surface area contributed by atoms with Gasteiger partial charge in [0.05, 0.1) is 0 Å². The van der Waals surface area contributed by atoms with E-state index < -0.39 is 26.0 Å². The van der Waals surface area contributed by atoms with Gasteiger partial charge in [-0.25, -0.2) is 0 Å². The van der Waals surface area contributed by atoms with Gasteiger partial charge in [-0.2, -0.15) is 0 Å². The number of carbonyl (C=O) groups is 1. The van der Waals surface area contributed by atoms with Crippen molar-refractivity contribution in [2.75, 3.05) is 6.61 Å². The van der Waals surface area contributed by atoms with E-state index in [9.17, 15) is 18.0 Å². The molecule has 1 rings (SSSR count). The van der Waals surface area contributed by atoms with Gasteiger partial charge in [-0.15, -0.1) is 0 Å². The zero-order valence-corrected chi connectivity index (χ0v) is 11.2. The van der Waals surface area contributed by atoms with Crippen LogP contribution in [0.2, 0.25) is 0 Å². The average Bonchev–Trinajstić information content (AvgIpc) is 2.28. The number of ether oxygens (including phenoxy) is 1. The van der Waals surface area contributed by atoms with Gasteiger partial charge in [-0.3, -0.25) is 0 Å². The molecule has 6 heteroatoms. The minimum atomic E-state index is -4.37. The number of hydrogen-bond acceptors (Lipinski definition) is 2. The molecule has 0 saturated carbocycles. The summed E-state index contributed by atoms with van der Waals surface area (Å²) in [6.45, 7) is 1.61. The molecule has 0 heterocycles. The molecule has 0 unspecified atom stereocenters. The first-order chi connectivity index (χ1) is 8.42. The van der Waals surface area contributed by atoms with Gasteiger partial charge in [0.2, 0.25) is 0 Å². The molecule has 0 amide bonds. The average molecular weight is 323 g/mol. The molecule has 0 aliphatic rings. The Kier molecular flexibility index (Phi) is 5.44. The van der Waals surface area contributed by atoms with Gasteiger partial charge in [0.25, 0.3) is 0 Å².